The number of carbonyl (C=O) groups is 1. The molecule has 1 fully saturated rings. The summed E-state index contributed by atoms with van der Waals surface area (Å²) >= 11 is 0. The van der Waals surface area contributed by atoms with Gasteiger partial charge in [0.05, 0.1) is 25.4 Å². The highest BCUT2D eigenvalue weighted by atomic mass is 16.7. The maximum absolute atomic E-state index is 13.1. The van der Waals surface area contributed by atoms with Gasteiger partial charge in [-0.1, -0.05) is 339 Å². The van der Waals surface area contributed by atoms with E-state index in [1.54, 1.807) is 6.08 Å². The van der Waals surface area contributed by atoms with E-state index in [4.69, 9.17) is 9.47 Å². The van der Waals surface area contributed by atoms with Gasteiger partial charge >= 0.3 is 0 Å². The number of hydrogen-bond donors (Lipinski definition) is 6. The van der Waals surface area contributed by atoms with Crippen LogP contribution in [0.1, 0.15) is 367 Å². The van der Waals surface area contributed by atoms with Gasteiger partial charge in [0.25, 0.3) is 0 Å². The summed E-state index contributed by atoms with van der Waals surface area (Å²) in [7, 11) is 0. The lowest BCUT2D eigenvalue weighted by Crippen LogP contribution is -2.60. The van der Waals surface area contributed by atoms with Crippen molar-refractivity contribution >= 4 is 5.91 Å². The Hall–Kier alpha value is -1.85. The van der Waals surface area contributed by atoms with E-state index < -0.39 is 49.5 Å². The second kappa shape index (κ2) is 64.1. The van der Waals surface area contributed by atoms with Gasteiger partial charge in [0.15, 0.2) is 6.29 Å². The van der Waals surface area contributed by atoms with Crippen LogP contribution in [-0.2, 0) is 14.3 Å². The lowest BCUT2D eigenvalue weighted by atomic mass is 9.99. The van der Waals surface area contributed by atoms with Gasteiger partial charge in [0, 0.05) is 6.42 Å². The van der Waals surface area contributed by atoms with E-state index in [2.05, 4.69) is 55.6 Å². The van der Waals surface area contributed by atoms with Crippen molar-refractivity contribution in [2.24, 2.45) is 0 Å². The third-order valence-electron chi connectivity index (χ3n) is 17.6. The highest BCUT2D eigenvalue weighted by Gasteiger charge is 2.44. The van der Waals surface area contributed by atoms with Crippen LogP contribution < -0.4 is 5.32 Å². The number of carbonyl (C=O) groups excluding carboxylic acids is 1. The summed E-state index contributed by atoms with van der Waals surface area (Å²) in [6, 6.07) is -0.828. The second-order valence-corrected chi connectivity index (χ2v) is 25.7. The molecule has 0 spiro atoms. The largest absolute Gasteiger partial charge is 0.394 e. The molecule has 0 bridgehead atoms. The van der Waals surface area contributed by atoms with E-state index in [0.717, 1.165) is 44.9 Å². The Morgan fingerprint density at radius 1 is 0.393 bits per heavy atom. The normalized spacial score (nSPS) is 18.4. The van der Waals surface area contributed by atoms with Gasteiger partial charge in [-0.3, -0.25) is 4.79 Å². The SMILES string of the molecule is CCCCCCCCCC/C=C\CCCCCCCCCCCCCCCCCCCCCCCCCCCCCCCC(=O)NC(COC1OC(CO)C(O)C(O)C1O)C(O)/C=C/CC/C=C/CC/C=C/CCCCCCCCCCCC. The molecule has 84 heavy (non-hydrogen) atoms. The van der Waals surface area contributed by atoms with E-state index in [9.17, 15) is 30.3 Å². The number of aliphatic hydroxyl groups excluding tert-OH is 5. The van der Waals surface area contributed by atoms with E-state index in [-0.39, 0.29) is 12.5 Å². The first-order chi connectivity index (χ1) is 41.3. The van der Waals surface area contributed by atoms with Gasteiger partial charge in [-0.2, -0.15) is 0 Å². The minimum absolute atomic E-state index is 0.184. The Kier molecular flexibility index (Phi) is 61.2. The molecule has 1 saturated heterocycles. The molecule has 9 nitrogen and oxygen atoms in total. The lowest BCUT2D eigenvalue weighted by Gasteiger charge is -2.40. The molecule has 0 aromatic rings. The third kappa shape index (κ3) is 52.1. The number of unbranched alkanes of at least 4 members (excludes halogenated alkanes) is 49. The summed E-state index contributed by atoms with van der Waals surface area (Å²) in [5, 5.41) is 54.7. The standard InChI is InChI=1S/C75H141NO8/c1-3-5-7-9-11-13-15-17-19-21-23-25-26-27-28-29-30-31-32-33-34-35-36-37-38-39-40-41-42-43-44-45-47-49-51-53-55-57-59-61-63-65-71(79)76-68(67-83-75-74(82)73(81)72(80)70(66-77)84-75)69(78)64-62-60-58-56-54-52-50-48-46-24-22-20-18-16-14-12-10-8-6-4-2/h21,23,46,48,54,56,62,64,68-70,72-75,77-78,80-82H,3-20,22,24-45,47,49-53,55,57-61,63,65-67H2,1-2H3,(H,76,79)/b23-21-,48-46+,56-54+,64-62+. The van der Waals surface area contributed by atoms with Crippen LogP contribution in [0.4, 0.5) is 0 Å². The molecule has 1 rings (SSSR count). The van der Waals surface area contributed by atoms with Crippen LogP contribution >= 0.6 is 0 Å². The summed E-state index contributed by atoms with van der Waals surface area (Å²) < 4.78 is 11.3. The predicted molar refractivity (Wildman–Crippen MR) is 359 cm³/mol. The fourth-order valence-electron chi connectivity index (χ4n) is 11.8. The Balaban J connectivity index is 2.05. The van der Waals surface area contributed by atoms with Crippen LogP contribution in [0.15, 0.2) is 48.6 Å². The summed E-state index contributed by atoms with van der Waals surface area (Å²) in [6.07, 6.45) is 81.1. The van der Waals surface area contributed by atoms with Crippen LogP contribution in [0.2, 0.25) is 0 Å². The first-order valence-corrected chi connectivity index (χ1v) is 36.9. The molecule has 1 aliphatic heterocycles. The number of ether oxygens (including phenoxy) is 2. The van der Waals surface area contributed by atoms with Gasteiger partial charge in [0.2, 0.25) is 5.91 Å². The van der Waals surface area contributed by atoms with Gasteiger partial charge in [-0.25, -0.2) is 0 Å². The topological polar surface area (TPSA) is 149 Å². The van der Waals surface area contributed by atoms with E-state index in [1.807, 2.05) is 6.08 Å². The van der Waals surface area contributed by atoms with Gasteiger partial charge < -0.3 is 40.3 Å². The molecule has 494 valence electrons. The number of rotatable bonds is 65. The van der Waals surface area contributed by atoms with Crippen LogP contribution in [0.5, 0.6) is 0 Å². The zero-order chi connectivity index (χ0) is 60.7. The highest BCUT2D eigenvalue weighted by molar-refractivity contribution is 5.76. The van der Waals surface area contributed by atoms with Crippen LogP contribution in [-0.4, -0.2) is 87.5 Å². The van der Waals surface area contributed by atoms with Crippen molar-refractivity contribution in [1.29, 1.82) is 0 Å². The highest BCUT2D eigenvalue weighted by Crippen LogP contribution is 2.23. The molecule has 0 aromatic heterocycles. The van der Waals surface area contributed by atoms with E-state index in [0.29, 0.717) is 6.42 Å². The fraction of sp³-hybridized carbons (Fsp3) is 0.880. The number of nitrogens with one attached hydrogen (secondary N) is 1. The van der Waals surface area contributed by atoms with Gasteiger partial charge in [-0.15, -0.1) is 0 Å². The molecule has 6 N–H and O–H groups in total. The second-order valence-electron chi connectivity index (χ2n) is 25.7. The Labute approximate surface area is 520 Å². The Morgan fingerprint density at radius 2 is 0.679 bits per heavy atom. The monoisotopic (exact) mass is 1180 g/mol. The van der Waals surface area contributed by atoms with Crippen molar-refractivity contribution in [3.63, 3.8) is 0 Å². The summed E-state index contributed by atoms with van der Waals surface area (Å²) in [6.45, 7) is 3.80. The molecule has 1 amide bonds. The molecule has 0 radical (unpaired) electrons. The molecule has 0 aromatic carbocycles. The number of aliphatic hydroxyl groups is 5. The van der Waals surface area contributed by atoms with Crippen molar-refractivity contribution in [3.8, 4) is 0 Å². The van der Waals surface area contributed by atoms with Crippen molar-refractivity contribution in [1.82, 2.24) is 5.32 Å². The molecular weight excluding hydrogens is 1040 g/mol. The first kappa shape index (κ1) is 80.2. The predicted octanol–water partition coefficient (Wildman–Crippen LogP) is 20.4. The van der Waals surface area contributed by atoms with Gasteiger partial charge in [0.1, 0.15) is 24.4 Å². The van der Waals surface area contributed by atoms with Crippen molar-refractivity contribution in [2.45, 2.75) is 410 Å². The Morgan fingerprint density at radius 3 is 1.00 bits per heavy atom. The average Bonchev–Trinajstić information content (AvgIpc) is 3.70. The summed E-state index contributed by atoms with van der Waals surface area (Å²) in [4.78, 5) is 13.1. The maximum atomic E-state index is 13.1. The molecule has 7 unspecified atom stereocenters. The molecule has 0 aliphatic carbocycles. The quantitative estimate of drug-likeness (QED) is 0.0261. The summed E-state index contributed by atoms with van der Waals surface area (Å²) in [5.41, 5.74) is 0. The third-order valence-corrected chi connectivity index (χ3v) is 17.6. The summed E-state index contributed by atoms with van der Waals surface area (Å²) in [5.74, 6) is -0.184. The van der Waals surface area contributed by atoms with Crippen LogP contribution in [0, 0.1) is 0 Å². The van der Waals surface area contributed by atoms with Crippen molar-refractivity contribution in [3.05, 3.63) is 48.6 Å². The smallest absolute Gasteiger partial charge is 0.220 e. The van der Waals surface area contributed by atoms with Crippen LogP contribution in [0.3, 0.4) is 0 Å². The molecule has 9 heteroatoms. The van der Waals surface area contributed by atoms with Crippen molar-refractivity contribution < 1.29 is 39.8 Å². The molecule has 1 aliphatic rings. The average molecular weight is 1180 g/mol. The lowest BCUT2D eigenvalue weighted by molar-refractivity contribution is -0.302. The molecule has 1 heterocycles. The Bertz CT molecular complexity index is 1470. The van der Waals surface area contributed by atoms with E-state index in [1.165, 1.54) is 302 Å². The maximum Gasteiger partial charge on any atom is 0.220 e. The zero-order valence-corrected chi connectivity index (χ0v) is 55.4. The molecule has 7 atom stereocenters. The number of amides is 1. The fourth-order valence-corrected chi connectivity index (χ4v) is 11.8. The first-order valence-electron chi connectivity index (χ1n) is 36.9. The zero-order valence-electron chi connectivity index (χ0n) is 55.4. The number of allylic oxidation sites excluding steroid dienone is 7. The van der Waals surface area contributed by atoms with E-state index >= 15 is 0 Å². The minimum atomic E-state index is -1.58. The van der Waals surface area contributed by atoms with Crippen LogP contribution in [0.25, 0.3) is 0 Å². The molecular formula is C75H141NO8. The minimum Gasteiger partial charge on any atom is -0.394 e. The number of hydrogen-bond acceptors (Lipinski definition) is 8. The molecule has 0 saturated carbocycles. The van der Waals surface area contributed by atoms with Gasteiger partial charge in [-0.05, 0) is 70.6 Å². The van der Waals surface area contributed by atoms with Crippen molar-refractivity contribution in [2.75, 3.05) is 13.2 Å².